The zero-order chi connectivity index (χ0) is 15.7. The molecule has 0 spiro atoms. The number of benzene rings is 1. The van der Waals surface area contributed by atoms with Gasteiger partial charge >= 0.3 is 5.69 Å². The lowest BCUT2D eigenvalue weighted by molar-refractivity contribution is 0.0947. The van der Waals surface area contributed by atoms with Gasteiger partial charge in [-0.3, -0.25) is 14.2 Å². The highest BCUT2D eigenvalue weighted by Gasteiger charge is 2.13. The lowest BCUT2D eigenvalue weighted by Gasteiger charge is -2.03. The summed E-state index contributed by atoms with van der Waals surface area (Å²) in [6.45, 7) is 0.149. The molecule has 3 N–H and O–H groups in total. The van der Waals surface area contributed by atoms with Crippen LogP contribution in [-0.2, 0) is 13.6 Å². The third-order valence-corrected chi connectivity index (χ3v) is 3.28. The predicted octanol–water partition coefficient (Wildman–Crippen LogP) is -0.120. The molecule has 0 aliphatic heterocycles. The minimum atomic E-state index is -0.647. The molecule has 8 nitrogen and oxygen atoms in total. The van der Waals surface area contributed by atoms with Crippen molar-refractivity contribution in [3.05, 3.63) is 62.7 Å². The standard InChI is InChI=1S/C14H13N5O3/c1-19-13(21)8(6-16-14(19)22)12(20)15-7-11-17-9-4-2-3-5-10(9)18-11/h2-6H,7H2,1H3,(H,15,20)(H,16,22)(H,17,18). The third kappa shape index (κ3) is 2.41. The summed E-state index contributed by atoms with van der Waals surface area (Å²) in [4.78, 5) is 44.8. The highest BCUT2D eigenvalue weighted by Crippen LogP contribution is 2.09. The Balaban J connectivity index is 1.79. The molecular formula is C14H13N5O3. The molecular weight excluding hydrogens is 286 g/mol. The van der Waals surface area contributed by atoms with E-state index >= 15 is 0 Å². The summed E-state index contributed by atoms with van der Waals surface area (Å²) in [5.41, 5.74) is 0.321. The fourth-order valence-corrected chi connectivity index (χ4v) is 2.08. The van der Waals surface area contributed by atoms with Gasteiger partial charge in [-0.25, -0.2) is 9.78 Å². The van der Waals surface area contributed by atoms with E-state index in [2.05, 4.69) is 20.3 Å². The summed E-state index contributed by atoms with van der Waals surface area (Å²) in [7, 11) is 1.30. The molecule has 0 atom stereocenters. The van der Waals surface area contributed by atoms with Gasteiger partial charge < -0.3 is 15.3 Å². The van der Waals surface area contributed by atoms with Crippen LogP contribution >= 0.6 is 0 Å². The summed E-state index contributed by atoms with van der Waals surface area (Å²) in [5.74, 6) is 0.00750. The van der Waals surface area contributed by atoms with Crippen molar-refractivity contribution in [1.82, 2.24) is 24.8 Å². The lowest BCUT2D eigenvalue weighted by atomic mass is 10.3. The molecule has 1 aromatic carbocycles. The van der Waals surface area contributed by atoms with Gasteiger partial charge in [0, 0.05) is 13.2 Å². The highest BCUT2D eigenvalue weighted by molar-refractivity contribution is 5.93. The van der Waals surface area contributed by atoms with Crippen LogP contribution in [0.4, 0.5) is 0 Å². The van der Waals surface area contributed by atoms with E-state index in [-0.39, 0.29) is 12.1 Å². The number of carbonyl (C=O) groups excluding carboxylic acids is 1. The first-order valence-corrected chi connectivity index (χ1v) is 6.57. The summed E-state index contributed by atoms with van der Waals surface area (Å²) >= 11 is 0. The third-order valence-electron chi connectivity index (χ3n) is 3.28. The second-order valence-corrected chi connectivity index (χ2v) is 4.75. The van der Waals surface area contributed by atoms with E-state index in [0.29, 0.717) is 5.82 Å². The van der Waals surface area contributed by atoms with E-state index in [1.54, 1.807) is 0 Å². The Kier molecular flexibility index (Phi) is 3.34. The molecule has 3 rings (SSSR count). The summed E-state index contributed by atoms with van der Waals surface area (Å²) in [6.07, 6.45) is 1.11. The Hall–Kier alpha value is -3.16. The van der Waals surface area contributed by atoms with Crippen LogP contribution in [0.2, 0.25) is 0 Å². The molecule has 0 unspecified atom stereocenters. The van der Waals surface area contributed by atoms with Crippen LogP contribution in [0.15, 0.2) is 40.1 Å². The van der Waals surface area contributed by atoms with Crippen LogP contribution in [0.5, 0.6) is 0 Å². The van der Waals surface area contributed by atoms with E-state index in [1.807, 2.05) is 24.3 Å². The first kappa shape index (κ1) is 13.8. The molecule has 8 heteroatoms. The van der Waals surface area contributed by atoms with Gasteiger partial charge in [-0.05, 0) is 12.1 Å². The molecule has 0 saturated heterocycles. The van der Waals surface area contributed by atoms with Gasteiger partial charge in [0.2, 0.25) is 0 Å². The van der Waals surface area contributed by atoms with Crippen molar-refractivity contribution in [3.8, 4) is 0 Å². The quantitative estimate of drug-likeness (QED) is 0.625. The van der Waals surface area contributed by atoms with Gasteiger partial charge in [0.25, 0.3) is 11.5 Å². The van der Waals surface area contributed by atoms with Crippen LogP contribution in [-0.4, -0.2) is 25.4 Å². The van der Waals surface area contributed by atoms with E-state index in [9.17, 15) is 14.4 Å². The highest BCUT2D eigenvalue weighted by atomic mass is 16.2. The van der Waals surface area contributed by atoms with Crippen molar-refractivity contribution in [1.29, 1.82) is 0 Å². The number of carbonyl (C=O) groups is 1. The molecule has 2 heterocycles. The van der Waals surface area contributed by atoms with Gasteiger partial charge in [0.15, 0.2) is 0 Å². The number of imidazole rings is 1. The van der Waals surface area contributed by atoms with Crippen LogP contribution in [0, 0.1) is 0 Å². The summed E-state index contributed by atoms with van der Waals surface area (Å²) in [6, 6.07) is 7.49. The molecule has 2 aromatic heterocycles. The van der Waals surface area contributed by atoms with Crippen LogP contribution in [0.25, 0.3) is 11.0 Å². The zero-order valence-electron chi connectivity index (χ0n) is 11.7. The Morgan fingerprint density at radius 3 is 2.86 bits per heavy atom. The van der Waals surface area contributed by atoms with Gasteiger partial charge in [-0.15, -0.1) is 0 Å². The number of fused-ring (bicyclic) bond motifs is 1. The number of hydrogen-bond donors (Lipinski definition) is 3. The molecule has 0 saturated carbocycles. The van der Waals surface area contributed by atoms with Crippen molar-refractivity contribution in [2.24, 2.45) is 7.05 Å². The SMILES string of the molecule is Cn1c(=O)[nH]cc(C(=O)NCc2nc3ccccc3[nH]2)c1=O. The van der Waals surface area contributed by atoms with Crippen molar-refractivity contribution in [3.63, 3.8) is 0 Å². The fraction of sp³-hybridized carbons (Fsp3) is 0.143. The minimum absolute atomic E-state index is 0.127. The zero-order valence-corrected chi connectivity index (χ0v) is 11.7. The Bertz CT molecular complexity index is 933. The monoisotopic (exact) mass is 299 g/mol. The minimum Gasteiger partial charge on any atom is -0.345 e. The van der Waals surface area contributed by atoms with Crippen molar-refractivity contribution in [2.45, 2.75) is 6.54 Å². The first-order chi connectivity index (χ1) is 10.6. The van der Waals surface area contributed by atoms with Gasteiger partial charge in [-0.2, -0.15) is 0 Å². The normalized spacial score (nSPS) is 10.8. The second-order valence-electron chi connectivity index (χ2n) is 4.75. The van der Waals surface area contributed by atoms with Crippen LogP contribution in [0.1, 0.15) is 16.2 Å². The van der Waals surface area contributed by atoms with Crippen molar-refractivity contribution < 1.29 is 4.79 Å². The molecule has 3 aromatic rings. The number of hydrogen-bond acceptors (Lipinski definition) is 4. The number of para-hydroxylation sites is 2. The maximum Gasteiger partial charge on any atom is 0.328 e. The van der Waals surface area contributed by atoms with E-state index in [0.717, 1.165) is 21.8 Å². The number of rotatable bonds is 3. The summed E-state index contributed by atoms with van der Waals surface area (Å²) in [5, 5.41) is 2.60. The van der Waals surface area contributed by atoms with Crippen LogP contribution < -0.4 is 16.6 Å². The second kappa shape index (κ2) is 5.32. The van der Waals surface area contributed by atoms with Crippen LogP contribution in [0.3, 0.4) is 0 Å². The summed E-state index contributed by atoms with van der Waals surface area (Å²) < 4.78 is 0.843. The molecule has 0 aliphatic rings. The average Bonchev–Trinajstić information content (AvgIpc) is 2.93. The van der Waals surface area contributed by atoms with E-state index in [1.165, 1.54) is 7.05 Å². The fourth-order valence-electron chi connectivity index (χ4n) is 2.08. The Morgan fingerprint density at radius 1 is 1.32 bits per heavy atom. The number of nitrogens with one attached hydrogen (secondary N) is 3. The Morgan fingerprint density at radius 2 is 2.09 bits per heavy atom. The number of H-pyrrole nitrogens is 2. The largest absolute Gasteiger partial charge is 0.345 e. The van der Waals surface area contributed by atoms with Crippen molar-refractivity contribution in [2.75, 3.05) is 0 Å². The van der Waals surface area contributed by atoms with E-state index in [4.69, 9.17) is 0 Å². The predicted molar refractivity (Wildman–Crippen MR) is 79.6 cm³/mol. The maximum atomic E-state index is 12.0. The molecule has 0 aliphatic carbocycles. The molecule has 22 heavy (non-hydrogen) atoms. The van der Waals surface area contributed by atoms with Crippen molar-refractivity contribution >= 4 is 16.9 Å². The maximum absolute atomic E-state index is 12.0. The molecule has 0 radical (unpaired) electrons. The molecule has 0 bridgehead atoms. The molecule has 1 amide bonds. The number of nitrogens with zero attached hydrogens (tertiary/aromatic N) is 2. The average molecular weight is 299 g/mol. The topological polar surface area (TPSA) is 113 Å². The number of aromatic amines is 2. The van der Waals surface area contributed by atoms with Gasteiger partial charge in [0.05, 0.1) is 17.6 Å². The first-order valence-electron chi connectivity index (χ1n) is 6.57. The molecule has 0 fully saturated rings. The lowest BCUT2D eigenvalue weighted by Crippen LogP contribution is -2.38. The molecule has 112 valence electrons. The number of amides is 1. The smallest absolute Gasteiger partial charge is 0.328 e. The number of aromatic nitrogens is 4. The van der Waals surface area contributed by atoms with Gasteiger partial charge in [0.1, 0.15) is 11.4 Å². The Labute approximate surface area is 123 Å². The van der Waals surface area contributed by atoms with E-state index < -0.39 is 17.2 Å². The van der Waals surface area contributed by atoms with Gasteiger partial charge in [-0.1, -0.05) is 12.1 Å².